The summed E-state index contributed by atoms with van der Waals surface area (Å²) >= 11 is 0. The van der Waals surface area contributed by atoms with Crippen LogP contribution in [0.25, 0.3) is 5.57 Å². The van der Waals surface area contributed by atoms with Crippen molar-refractivity contribution in [3.05, 3.63) is 94.7 Å². The molecule has 5 nitrogen and oxygen atoms in total. The minimum absolute atomic E-state index is 0.272. The van der Waals surface area contributed by atoms with E-state index in [-0.39, 0.29) is 17.5 Å². The first-order valence-corrected chi connectivity index (χ1v) is 11.2. The molecule has 0 aliphatic carbocycles. The zero-order valence-corrected chi connectivity index (χ0v) is 19.4. The van der Waals surface area contributed by atoms with Crippen LogP contribution >= 0.6 is 0 Å². The lowest BCUT2D eigenvalue weighted by Gasteiger charge is -2.17. The predicted molar refractivity (Wildman–Crippen MR) is 132 cm³/mol. The van der Waals surface area contributed by atoms with Gasteiger partial charge in [0.25, 0.3) is 11.8 Å². The van der Waals surface area contributed by atoms with Crippen LogP contribution in [0.5, 0.6) is 5.75 Å². The number of nitrogens with one attached hydrogen (secondary N) is 1. The number of benzene rings is 3. The van der Waals surface area contributed by atoms with Crippen LogP contribution in [0.1, 0.15) is 35.6 Å². The first kappa shape index (κ1) is 22.3. The molecule has 5 heteroatoms. The van der Waals surface area contributed by atoms with Gasteiger partial charge >= 0.3 is 0 Å². The predicted octanol–water partition coefficient (Wildman–Crippen LogP) is 5.80. The minimum Gasteiger partial charge on any atom is -0.494 e. The van der Waals surface area contributed by atoms with E-state index in [9.17, 15) is 9.59 Å². The fourth-order valence-corrected chi connectivity index (χ4v) is 3.85. The largest absolute Gasteiger partial charge is 0.494 e. The second kappa shape index (κ2) is 9.33. The molecule has 1 aliphatic heterocycles. The van der Waals surface area contributed by atoms with Crippen LogP contribution in [0.15, 0.2) is 72.4 Å². The first-order valence-electron chi connectivity index (χ1n) is 11.2. The average Bonchev–Trinajstić information content (AvgIpc) is 3.05. The smallest absolute Gasteiger partial charge is 0.282 e. The van der Waals surface area contributed by atoms with Gasteiger partial charge in [-0.1, -0.05) is 43.3 Å². The Morgan fingerprint density at radius 1 is 0.818 bits per heavy atom. The molecule has 1 N–H and O–H groups in total. The van der Waals surface area contributed by atoms with Gasteiger partial charge in [-0.05, 0) is 79.8 Å². The lowest BCUT2D eigenvalue weighted by atomic mass is 10.0. The molecule has 2 amide bonds. The molecule has 168 valence electrons. The van der Waals surface area contributed by atoms with Gasteiger partial charge < -0.3 is 10.1 Å². The minimum atomic E-state index is -0.367. The van der Waals surface area contributed by atoms with E-state index in [0.717, 1.165) is 34.5 Å². The second-order valence-electron chi connectivity index (χ2n) is 8.28. The Morgan fingerprint density at radius 2 is 1.55 bits per heavy atom. The van der Waals surface area contributed by atoms with Crippen molar-refractivity contribution in [3.8, 4) is 5.75 Å². The van der Waals surface area contributed by atoms with E-state index in [4.69, 9.17) is 4.74 Å². The maximum absolute atomic E-state index is 13.6. The number of carbonyl (C=O) groups excluding carboxylic acids is 2. The number of aryl methyl sites for hydroxylation is 3. The number of anilines is 2. The van der Waals surface area contributed by atoms with E-state index in [1.54, 1.807) is 6.07 Å². The van der Waals surface area contributed by atoms with Gasteiger partial charge in [0, 0.05) is 5.69 Å². The molecule has 0 saturated heterocycles. The Bertz CT molecular complexity index is 1240. The van der Waals surface area contributed by atoms with Crippen molar-refractivity contribution in [3.63, 3.8) is 0 Å². The topological polar surface area (TPSA) is 58.6 Å². The Balaban J connectivity index is 1.78. The van der Waals surface area contributed by atoms with Gasteiger partial charge in [-0.25, -0.2) is 4.90 Å². The third kappa shape index (κ3) is 4.40. The number of hydrogen-bond acceptors (Lipinski definition) is 4. The standard InChI is InChI=1S/C28H28N2O3/c1-5-16-33-23-14-11-21(12-15-23)25-26(29-22-13-10-18(2)20(4)17-22)28(32)30(27(25)31)24-9-7-6-8-19(24)3/h6-15,17,29H,5,16H2,1-4H3. The Hall–Kier alpha value is -3.86. The highest BCUT2D eigenvalue weighted by Gasteiger charge is 2.40. The molecule has 1 heterocycles. The van der Waals surface area contributed by atoms with Gasteiger partial charge in [0.2, 0.25) is 0 Å². The van der Waals surface area contributed by atoms with E-state index in [1.165, 1.54) is 4.90 Å². The molecule has 33 heavy (non-hydrogen) atoms. The third-order valence-corrected chi connectivity index (χ3v) is 5.83. The molecule has 0 atom stereocenters. The van der Waals surface area contributed by atoms with E-state index in [0.29, 0.717) is 23.4 Å². The van der Waals surface area contributed by atoms with Crippen molar-refractivity contribution in [2.45, 2.75) is 34.1 Å². The van der Waals surface area contributed by atoms with Crippen LogP contribution in [-0.2, 0) is 9.59 Å². The quantitative estimate of drug-likeness (QED) is 0.472. The van der Waals surface area contributed by atoms with Gasteiger partial charge in [-0.3, -0.25) is 9.59 Å². The van der Waals surface area contributed by atoms with Crippen molar-refractivity contribution in [1.82, 2.24) is 0 Å². The summed E-state index contributed by atoms with van der Waals surface area (Å²) in [5.74, 6) is 0.0223. The monoisotopic (exact) mass is 440 g/mol. The van der Waals surface area contributed by atoms with Crippen molar-refractivity contribution < 1.29 is 14.3 Å². The molecule has 0 saturated carbocycles. The van der Waals surface area contributed by atoms with E-state index >= 15 is 0 Å². The maximum atomic E-state index is 13.6. The van der Waals surface area contributed by atoms with Crippen molar-refractivity contribution in [2.75, 3.05) is 16.8 Å². The van der Waals surface area contributed by atoms with Gasteiger partial charge in [-0.2, -0.15) is 0 Å². The van der Waals surface area contributed by atoms with Crippen LogP contribution in [-0.4, -0.2) is 18.4 Å². The van der Waals surface area contributed by atoms with Gasteiger partial charge in [-0.15, -0.1) is 0 Å². The number of rotatable bonds is 7. The van der Waals surface area contributed by atoms with Gasteiger partial charge in [0.1, 0.15) is 11.4 Å². The molecule has 1 aliphatic rings. The molecule has 0 bridgehead atoms. The molecule has 0 radical (unpaired) electrons. The Kier molecular flexibility index (Phi) is 6.31. The summed E-state index contributed by atoms with van der Waals surface area (Å²) in [6.45, 7) is 8.62. The zero-order chi connectivity index (χ0) is 23.5. The summed E-state index contributed by atoms with van der Waals surface area (Å²) < 4.78 is 5.68. The number of carbonyl (C=O) groups is 2. The highest BCUT2D eigenvalue weighted by molar-refractivity contribution is 6.46. The second-order valence-corrected chi connectivity index (χ2v) is 8.28. The van der Waals surface area contributed by atoms with Crippen LogP contribution in [0.2, 0.25) is 0 Å². The van der Waals surface area contributed by atoms with Crippen LogP contribution in [0, 0.1) is 20.8 Å². The number of nitrogens with zero attached hydrogens (tertiary/aromatic N) is 1. The SMILES string of the molecule is CCCOc1ccc(C2=C(Nc3ccc(C)c(C)c3)C(=O)N(c3ccccc3C)C2=O)cc1. The number of para-hydroxylation sites is 1. The number of ether oxygens (including phenoxy) is 1. The molecular formula is C28H28N2O3. The summed E-state index contributed by atoms with van der Waals surface area (Å²) in [6.07, 6.45) is 0.912. The third-order valence-electron chi connectivity index (χ3n) is 5.83. The van der Waals surface area contributed by atoms with Crippen molar-refractivity contribution >= 4 is 28.8 Å². The molecule has 3 aromatic rings. The normalized spacial score (nSPS) is 13.6. The van der Waals surface area contributed by atoms with Crippen molar-refractivity contribution in [2.24, 2.45) is 0 Å². The van der Waals surface area contributed by atoms with Gasteiger partial charge in [0.05, 0.1) is 17.9 Å². The molecule has 4 rings (SSSR count). The lowest BCUT2D eigenvalue weighted by Crippen LogP contribution is -2.33. The first-order chi connectivity index (χ1) is 15.9. The summed E-state index contributed by atoms with van der Waals surface area (Å²) in [5, 5.41) is 3.24. The van der Waals surface area contributed by atoms with E-state index in [2.05, 4.69) is 5.32 Å². The van der Waals surface area contributed by atoms with E-state index in [1.807, 2.05) is 88.4 Å². The average molecular weight is 441 g/mol. The van der Waals surface area contributed by atoms with Gasteiger partial charge in [0.15, 0.2) is 0 Å². The van der Waals surface area contributed by atoms with Crippen LogP contribution < -0.4 is 15.0 Å². The number of imide groups is 1. The highest BCUT2D eigenvalue weighted by atomic mass is 16.5. The molecule has 3 aromatic carbocycles. The Labute approximate surface area is 194 Å². The lowest BCUT2D eigenvalue weighted by molar-refractivity contribution is -0.120. The Morgan fingerprint density at radius 3 is 2.21 bits per heavy atom. The molecule has 0 unspecified atom stereocenters. The molecule has 0 spiro atoms. The fraction of sp³-hybridized carbons (Fsp3) is 0.214. The van der Waals surface area contributed by atoms with E-state index < -0.39 is 0 Å². The summed E-state index contributed by atoms with van der Waals surface area (Å²) in [4.78, 5) is 28.5. The maximum Gasteiger partial charge on any atom is 0.282 e. The molecular weight excluding hydrogens is 412 g/mol. The summed E-state index contributed by atoms with van der Waals surface area (Å²) in [5.41, 5.74) is 5.76. The van der Waals surface area contributed by atoms with Crippen LogP contribution in [0.4, 0.5) is 11.4 Å². The molecule has 0 aromatic heterocycles. The zero-order valence-electron chi connectivity index (χ0n) is 19.4. The summed E-state index contributed by atoms with van der Waals surface area (Å²) in [6, 6.07) is 20.6. The fourth-order valence-electron chi connectivity index (χ4n) is 3.85. The number of amides is 2. The van der Waals surface area contributed by atoms with Crippen LogP contribution in [0.3, 0.4) is 0 Å². The highest BCUT2D eigenvalue weighted by Crippen LogP contribution is 2.35. The number of hydrogen-bond donors (Lipinski definition) is 1. The summed E-state index contributed by atoms with van der Waals surface area (Å²) in [7, 11) is 0. The molecule has 0 fully saturated rings. The van der Waals surface area contributed by atoms with Crippen molar-refractivity contribution in [1.29, 1.82) is 0 Å².